The Morgan fingerprint density at radius 1 is 0.917 bits per heavy atom. The van der Waals surface area contributed by atoms with Crippen LogP contribution in [0.3, 0.4) is 0 Å². The smallest absolute Gasteiger partial charge is 0.407 e. The molecule has 11 heteroatoms. The molecule has 1 aromatic rings. The first kappa shape index (κ1) is 38.4. The van der Waals surface area contributed by atoms with Crippen LogP contribution in [-0.2, 0) is 28.5 Å². The lowest BCUT2D eigenvalue weighted by Crippen LogP contribution is -2.51. The zero-order chi connectivity index (χ0) is 35.3. The van der Waals surface area contributed by atoms with Crippen LogP contribution in [-0.4, -0.2) is 69.2 Å². The number of nitrogens with one attached hydrogen (secondary N) is 2. The molecule has 2 fully saturated rings. The zero-order valence-corrected chi connectivity index (χ0v) is 29.3. The van der Waals surface area contributed by atoms with Crippen LogP contribution in [0.5, 0.6) is 5.75 Å². The quantitative estimate of drug-likeness (QED) is 0.123. The van der Waals surface area contributed by atoms with Crippen molar-refractivity contribution in [2.75, 3.05) is 33.0 Å². The molecule has 48 heavy (non-hydrogen) atoms. The molecule has 2 N–H and O–H groups in total. The van der Waals surface area contributed by atoms with E-state index in [0.29, 0.717) is 37.8 Å². The standard InChI is InChI=1S/C37H54N2O9/c1-8-32(40)45-19-27-11-13-28(14-12-27)20-47-34(42)38-24-37(7)18-29(17-36(5,6)23-37)39-35(43)48-31(22-46-33(41)25(2)3)21-44-30-15-9-26(4)10-16-30/h8-10,15-16,27-29,31H,1-2,11-14,17-24H2,3-7H3,(H,38,42)(H,39,43). The van der Waals surface area contributed by atoms with Crippen LogP contribution in [0, 0.1) is 29.6 Å². The van der Waals surface area contributed by atoms with Gasteiger partial charge in [-0.2, -0.15) is 0 Å². The molecule has 1 aromatic carbocycles. The van der Waals surface area contributed by atoms with Gasteiger partial charge in [0.1, 0.15) is 19.0 Å². The van der Waals surface area contributed by atoms with Crippen LogP contribution in [0.15, 0.2) is 49.1 Å². The second kappa shape index (κ2) is 17.9. The summed E-state index contributed by atoms with van der Waals surface area (Å²) < 4.78 is 27.5. The van der Waals surface area contributed by atoms with Crippen LogP contribution >= 0.6 is 0 Å². The number of carbonyl (C=O) groups is 4. The van der Waals surface area contributed by atoms with E-state index in [2.05, 4.69) is 44.6 Å². The minimum Gasteiger partial charge on any atom is -0.490 e. The number of ether oxygens (including phenoxy) is 5. The van der Waals surface area contributed by atoms with E-state index in [-0.39, 0.29) is 41.6 Å². The summed E-state index contributed by atoms with van der Waals surface area (Å²) in [5.41, 5.74) is 0.914. The van der Waals surface area contributed by atoms with Gasteiger partial charge in [-0.3, -0.25) is 0 Å². The predicted octanol–water partition coefficient (Wildman–Crippen LogP) is 6.43. The van der Waals surface area contributed by atoms with E-state index in [1.807, 2.05) is 31.2 Å². The minimum absolute atomic E-state index is 0.00749. The summed E-state index contributed by atoms with van der Waals surface area (Å²) in [6.07, 6.45) is 5.10. The van der Waals surface area contributed by atoms with E-state index >= 15 is 0 Å². The third-order valence-electron chi connectivity index (χ3n) is 8.95. The third-order valence-corrected chi connectivity index (χ3v) is 8.95. The van der Waals surface area contributed by atoms with Gasteiger partial charge in [0.05, 0.1) is 13.2 Å². The van der Waals surface area contributed by atoms with Gasteiger partial charge in [-0.15, -0.1) is 0 Å². The SMILES string of the molecule is C=CC(=O)OCC1CCC(COC(=O)NCC2(C)CC(NC(=O)OC(COC(=O)C(=C)C)COc3ccc(C)cc3)CC(C)(C)C2)CC1. The molecular formula is C37H54N2O9. The summed E-state index contributed by atoms with van der Waals surface area (Å²) in [4.78, 5) is 49.1. The van der Waals surface area contributed by atoms with Crippen LogP contribution in [0.2, 0.25) is 0 Å². The fraction of sp³-hybridized carbons (Fsp3) is 0.622. The van der Waals surface area contributed by atoms with E-state index < -0.39 is 30.2 Å². The second-order valence-corrected chi connectivity index (χ2v) is 14.6. The highest BCUT2D eigenvalue weighted by Gasteiger charge is 2.42. The molecule has 0 aromatic heterocycles. The van der Waals surface area contributed by atoms with Crippen molar-refractivity contribution in [3.8, 4) is 5.75 Å². The van der Waals surface area contributed by atoms with E-state index in [0.717, 1.165) is 44.1 Å². The lowest BCUT2D eigenvalue weighted by Gasteiger charge is -2.46. The van der Waals surface area contributed by atoms with Gasteiger partial charge in [0.2, 0.25) is 0 Å². The average Bonchev–Trinajstić information content (AvgIpc) is 3.02. The fourth-order valence-corrected chi connectivity index (χ4v) is 6.81. The summed E-state index contributed by atoms with van der Waals surface area (Å²) in [6.45, 7) is 17.9. The van der Waals surface area contributed by atoms with Crippen LogP contribution in [0.1, 0.15) is 78.2 Å². The number of carbonyl (C=O) groups excluding carboxylic acids is 4. The molecule has 0 aliphatic heterocycles. The highest BCUT2D eigenvalue weighted by atomic mass is 16.6. The Labute approximate surface area is 285 Å². The number of benzene rings is 1. The van der Waals surface area contributed by atoms with Crippen molar-refractivity contribution in [1.82, 2.24) is 10.6 Å². The van der Waals surface area contributed by atoms with Crippen molar-refractivity contribution >= 4 is 24.1 Å². The van der Waals surface area contributed by atoms with Gasteiger partial charge in [-0.05, 0) is 93.6 Å². The maximum Gasteiger partial charge on any atom is 0.407 e. The molecule has 2 aliphatic rings. The fourth-order valence-electron chi connectivity index (χ4n) is 6.81. The Morgan fingerprint density at radius 3 is 2.15 bits per heavy atom. The van der Waals surface area contributed by atoms with Gasteiger partial charge < -0.3 is 34.3 Å². The summed E-state index contributed by atoms with van der Waals surface area (Å²) in [6, 6.07) is 7.26. The maximum atomic E-state index is 13.1. The Bertz CT molecular complexity index is 1270. The van der Waals surface area contributed by atoms with Gasteiger partial charge in [-0.1, -0.05) is 51.6 Å². The summed E-state index contributed by atoms with van der Waals surface area (Å²) in [5.74, 6) is 0.228. The average molecular weight is 671 g/mol. The molecular weight excluding hydrogens is 616 g/mol. The molecule has 266 valence electrons. The number of hydrogen-bond acceptors (Lipinski definition) is 9. The molecule has 0 spiro atoms. The van der Waals surface area contributed by atoms with E-state index in [9.17, 15) is 19.2 Å². The predicted molar refractivity (Wildman–Crippen MR) is 181 cm³/mol. The van der Waals surface area contributed by atoms with E-state index in [1.54, 1.807) is 6.92 Å². The Hall–Kier alpha value is -4.02. The molecule has 0 saturated heterocycles. The molecule has 2 saturated carbocycles. The van der Waals surface area contributed by atoms with Gasteiger partial charge in [0.25, 0.3) is 0 Å². The van der Waals surface area contributed by atoms with Crippen molar-refractivity contribution in [2.45, 2.75) is 91.7 Å². The highest BCUT2D eigenvalue weighted by Crippen LogP contribution is 2.45. The van der Waals surface area contributed by atoms with Gasteiger partial charge in [-0.25, -0.2) is 19.2 Å². The molecule has 3 atom stereocenters. The number of aryl methyl sites for hydroxylation is 1. The summed E-state index contributed by atoms with van der Waals surface area (Å²) in [7, 11) is 0. The molecule has 3 rings (SSSR count). The zero-order valence-electron chi connectivity index (χ0n) is 29.3. The van der Waals surface area contributed by atoms with Gasteiger partial charge >= 0.3 is 24.1 Å². The Morgan fingerprint density at radius 2 is 1.54 bits per heavy atom. The van der Waals surface area contributed by atoms with Crippen molar-refractivity contribution in [3.05, 3.63) is 54.6 Å². The first-order valence-electron chi connectivity index (χ1n) is 16.8. The van der Waals surface area contributed by atoms with Gasteiger partial charge in [0, 0.05) is 24.2 Å². The monoisotopic (exact) mass is 670 g/mol. The third kappa shape index (κ3) is 13.6. The Kier molecular flexibility index (Phi) is 14.4. The number of alkyl carbamates (subject to hydrolysis) is 2. The van der Waals surface area contributed by atoms with Crippen LogP contribution in [0.25, 0.3) is 0 Å². The lowest BCUT2D eigenvalue weighted by atomic mass is 9.62. The van der Waals surface area contributed by atoms with Gasteiger partial charge in [0.15, 0.2) is 6.10 Å². The Balaban J connectivity index is 1.47. The molecule has 0 heterocycles. The van der Waals surface area contributed by atoms with Crippen molar-refractivity contribution in [2.24, 2.45) is 22.7 Å². The van der Waals surface area contributed by atoms with Crippen molar-refractivity contribution in [3.63, 3.8) is 0 Å². The van der Waals surface area contributed by atoms with E-state index in [1.165, 1.54) is 6.08 Å². The van der Waals surface area contributed by atoms with E-state index in [4.69, 9.17) is 23.7 Å². The largest absolute Gasteiger partial charge is 0.490 e. The number of rotatable bonds is 15. The molecule has 2 amide bonds. The second-order valence-electron chi connectivity index (χ2n) is 14.6. The van der Waals surface area contributed by atoms with Crippen LogP contribution in [0.4, 0.5) is 9.59 Å². The summed E-state index contributed by atoms with van der Waals surface area (Å²) in [5, 5.41) is 5.96. The van der Waals surface area contributed by atoms with Crippen molar-refractivity contribution in [1.29, 1.82) is 0 Å². The first-order valence-corrected chi connectivity index (χ1v) is 16.8. The number of esters is 2. The number of hydrogen-bond donors (Lipinski definition) is 2. The first-order chi connectivity index (χ1) is 22.6. The normalized spacial score (nSPS) is 23.8. The molecule has 3 unspecified atom stereocenters. The van der Waals surface area contributed by atoms with Crippen LogP contribution < -0.4 is 15.4 Å². The topological polar surface area (TPSA) is 138 Å². The summed E-state index contributed by atoms with van der Waals surface area (Å²) >= 11 is 0. The maximum absolute atomic E-state index is 13.1. The number of amides is 2. The molecule has 0 radical (unpaired) electrons. The minimum atomic E-state index is -0.848. The molecule has 2 aliphatic carbocycles. The lowest BCUT2D eigenvalue weighted by molar-refractivity contribution is -0.142. The molecule has 0 bridgehead atoms. The molecule has 11 nitrogen and oxygen atoms in total. The van der Waals surface area contributed by atoms with Crippen molar-refractivity contribution < 1.29 is 42.9 Å². The highest BCUT2D eigenvalue weighted by molar-refractivity contribution is 5.87.